The first-order chi connectivity index (χ1) is 13.7. The molecular formula is C22H31N3O4. The molecule has 0 saturated heterocycles. The maximum Gasteiger partial charge on any atom is 0.408 e. The Morgan fingerprint density at radius 2 is 1.83 bits per heavy atom. The van der Waals surface area contributed by atoms with Crippen LogP contribution in [0, 0.1) is 0 Å². The van der Waals surface area contributed by atoms with Gasteiger partial charge in [-0.15, -0.1) is 0 Å². The van der Waals surface area contributed by atoms with Gasteiger partial charge in [0.05, 0.1) is 0 Å². The smallest absolute Gasteiger partial charge is 0.408 e. The van der Waals surface area contributed by atoms with Gasteiger partial charge >= 0.3 is 6.09 Å². The number of carbonyl (C=O) groups is 3. The SMILES string of the molecule is CC(C)(C)OC(=O)NC1(C(=O)NC2CCc3ccccc3NC2=O)CCCCC1. The molecule has 0 radical (unpaired) electrons. The van der Waals surface area contributed by atoms with Gasteiger partial charge in [-0.3, -0.25) is 9.59 Å². The molecule has 1 aromatic rings. The quantitative estimate of drug-likeness (QED) is 0.724. The Labute approximate surface area is 172 Å². The van der Waals surface area contributed by atoms with Gasteiger partial charge in [-0.1, -0.05) is 37.5 Å². The zero-order valence-corrected chi connectivity index (χ0v) is 17.5. The van der Waals surface area contributed by atoms with Gasteiger partial charge in [-0.05, 0) is 58.1 Å². The molecule has 1 fully saturated rings. The molecule has 0 spiro atoms. The number of alkyl carbamates (subject to hydrolysis) is 1. The van der Waals surface area contributed by atoms with Crippen LogP contribution in [0.5, 0.6) is 0 Å². The third-order valence-corrected chi connectivity index (χ3v) is 5.48. The number of hydrogen-bond donors (Lipinski definition) is 3. The summed E-state index contributed by atoms with van der Waals surface area (Å²) < 4.78 is 5.38. The summed E-state index contributed by atoms with van der Waals surface area (Å²) in [6, 6.07) is 7.01. The number of para-hydroxylation sites is 1. The summed E-state index contributed by atoms with van der Waals surface area (Å²) in [5, 5.41) is 8.62. The van der Waals surface area contributed by atoms with Crippen molar-refractivity contribution in [1.29, 1.82) is 0 Å². The Balaban J connectivity index is 1.71. The first kappa shape index (κ1) is 21.1. The predicted molar refractivity (Wildman–Crippen MR) is 111 cm³/mol. The lowest BCUT2D eigenvalue weighted by Crippen LogP contribution is -2.62. The summed E-state index contributed by atoms with van der Waals surface area (Å²) in [6.45, 7) is 5.36. The minimum Gasteiger partial charge on any atom is -0.444 e. The largest absolute Gasteiger partial charge is 0.444 e. The van der Waals surface area contributed by atoms with E-state index in [1.165, 1.54) is 0 Å². The Morgan fingerprint density at radius 3 is 2.52 bits per heavy atom. The first-order valence-corrected chi connectivity index (χ1v) is 10.4. The number of nitrogens with one attached hydrogen (secondary N) is 3. The molecule has 1 aliphatic heterocycles. The van der Waals surface area contributed by atoms with E-state index in [0.717, 1.165) is 30.5 Å². The summed E-state index contributed by atoms with van der Waals surface area (Å²) in [4.78, 5) is 38.3. The van der Waals surface area contributed by atoms with E-state index >= 15 is 0 Å². The van der Waals surface area contributed by atoms with Crippen molar-refractivity contribution in [2.75, 3.05) is 5.32 Å². The van der Waals surface area contributed by atoms with Crippen molar-refractivity contribution in [2.24, 2.45) is 0 Å². The van der Waals surface area contributed by atoms with Crippen LogP contribution in [0.25, 0.3) is 0 Å². The van der Waals surface area contributed by atoms with Crippen LogP contribution in [-0.2, 0) is 20.7 Å². The van der Waals surface area contributed by atoms with Gasteiger partial charge in [0.2, 0.25) is 11.8 Å². The number of benzene rings is 1. The highest BCUT2D eigenvalue weighted by Gasteiger charge is 2.43. The molecule has 3 rings (SSSR count). The summed E-state index contributed by atoms with van der Waals surface area (Å²) in [5.74, 6) is -0.541. The molecule has 2 aliphatic rings. The topological polar surface area (TPSA) is 96.5 Å². The fourth-order valence-corrected chi connectivity index (χ4v) is 4.01. The molecule has 0 aromatic heterocycles. The maximum absolute atomic E-state index is 13.3. The summed E-state index contributed by atoms with van der Waals surface area (Å²) in [6.07, 6.45) is 4.36. The van der Waals surface area contributed by atoms with Crippen molar-refractivity contribution in [3.8, 4) is 0 Å². The zero-order chi connectivity index (χ0) is 21.1. The van der Waals surface area contributed by atoms with Crippen molar-refractivity contribution in [3.05, 3.63) is 29.8 Å². The second kappa shape index (κ2) is 8.43. The number of ether oxygens (including phenoxy) is 1. The highest BCUT2D eigenvalue weighted by molar-refractivity contribution is 6.00. The fraction of sp³-hybridized carbons (Fsp3) is 0.591. The predicted octanol–water partition coefficient (Wildman–Crippen LogP) is 3.28. The number of hydrogen-bond acceptors (Lipinski definition) is 4. The van der Waals surface area contributed by atoms with Crippen LogP contribution in [0.3, 0.4) is 0 Å². The molecule has 1 aromatic carbocycles. The third kappa shape index (κ3) is 5.28. The van der Waals surface area contributed by atoms with E-state index < -0.39 is 23.3 Å². The van der Waals surface area contributed by atoms with E-state index in [1.54, 1.807) is 20.8 Å². The minimum absolute atomic E-state index is 0.230. The van der Waals surface area contributed by atoms with Gasteiger partial charge in [0, 0.05) is 5.69 Å². The molecule has 1 atom stereocenters. The van der Waals surface area contributed by atoms with Crippen LogP contribution in [0.4, 0.5) is 10.5 Å². The van der Waals surface area contributed by atoms with E-state index in [2.05, 4.69) is 16.0 Å². The number of rotatable bonds is 3. The average molecular weight is 402 g/mol. The molecule has 3 amide bonds. The number of anilines is 1. The lowest BCUT2D eigenvalue weighted by atomic mass is 9.80. The Hall–Kier alpha value is -2.57. The molecule has 0 bridgehead atoms. The number of amides is 3. The van der Waals surface area contributed by atoms with E-state index in [4.69, 9.17) is 4.74 Å². The number of carbonyl (C=O) groups excluding carboxylic acids is 3. The van der Waals surface area contributed by atoms with E-state index in [1.807, 2.05) is 24.3 Å². The second-order valence-electron chi connectivity index (χ2n) is 8.98. The average Bonchev–Trinajstić information content (AvgIpc) is 2.79. The van der Waals surface area contributed by atoms with Crippen LogP contribution < -0.4 is 16.0 Å². The monoisotopic (exact) mass is 401 g/mol. The number of aryl methyl sites for hydroxylation is 1. The maximum atomic E-state index is 13.3. The normalized spacial score (nSPS) is 21.2. The molecule has 7 heteroatoms. The molecular weight excluding hydrogens is 370 g/mol. The van der Waals surface area contributed by atoms with Crippen molar-refractivity contribution < 1.29 is 19.1 Å². The summed E-state index contributed by atoms with van der Waals surface area (Å²) in [7, 11) is 0. The van der Waals surface area contributed by atoms with Gasteiger partial charge < -0.3 is 20.7 Å². The van der Waals surface area contributed by atoms with Crippen molar-refractivity contribution in [2.45, 2.75) is 82.9 Å². The van der Waals surface area contributed by atoms with Crippen LogP contribution in [0.15, 0.2) is 24.3 Å². The minimum atomic E-state index is -1.04. The van der Waals surface area contributed by atoms with Crippen LogP contribution >= 0.6 is 0 Å². The fourth-order valence-electron chi connectivity index (χ4n) is 4.01. The molecule has 29 heavy (non-hydrogen) atoms. The molecule has 1 aliphatic carbocycles. The zero-order valence-electron chi connectivity index (χ0n) is 17.5. The van der Waals surface area contributed by atoms with E-state index in [0.29, 0.717) is 25.7 Å². The highest BCUT2D eigenvalue weighted by Crippen LogP contribution is 2.30. The lowest BCUT2D eigenvalue weighted by molar-refractivity contribution is -0.132. The molecule has 1 unspecified atom stereocenters. The Bertz CT molecular complexity index is 779. The van der Waals surface area contributed by atoms with Crippen LogP contribution in [-0.4, -0.2) is 35.1 Å². The first-order valence-electron chi connectivity index (χ1n) is 10.4. The summed E-state index contributed by atoms with van der Waals surface area (Å²) in [5.41, 5.74) is 0.147. The van der Waals surface area contributed by atoms with Crippen LogP contribution in [0.2, 0.25) is 0 Å². The number of fused-ring (bicyclic) bond motifs is 1. The molecule has 158 valence electrons. The van der Waals surface area contributed by atoms with E-state index in [-0.39, 0.29) is 11.8 Å². The van der Waals surface area contributed by atoms with Gasteiger partial charge in [-0.25, -0.2) is 4.79 Å². The third-order valence-electron chi connectivity index (χ3n) is 5.48. The molecule has 1 heterocycles. The van der Waals surface area contributed by atoms with Crippen LogP contribution in [0.1, 0.15) is 64.9 Å². The highest BCUT2D eigenvalue weighted by atomic mass is 16.6. The van der Waals surface area contributed by atoms with Gasteiger partial charge in [-0.2, -0.15) is 0 Å². The Morgan fingerprint density at radius 1 is 1.14 bits per heavy atom. The second-order valence-corrected chi connectivity index (χ2v) is 8.98. The van der Waals surface area contributed by atoms with Gasteiger partial charge in [0.1, 0.15) is 17.2 Å². The Kier molecular flexibility index (Phi) is 6.15. The van der Waals surface area contributed by atoms with Gasteiger partial charge in [0.25, 0.3) is 0 Å². The molecule has 7 nitrogen and oxygen atoms in total. The summed E-state index contributed by atoms with van der Waals surface area (Å²) >= 11 is 0. The van der Waals surface area contributed by atoms with Crippen molar-refractivity contribution >= 4 is 23.6 Å². The van der Waals surface area contributed by atoms with Gasteiger partial charge in [0.15, 0.2) is 0 Å². The molecule has 1 saturated carbocycles. The standard InChI is InChI=1S/C22H31N3O4/c1-21(2,3)29-20(28)25-22(13-7-4-8-14-22)19(27)24-17-12-11-15-9-5-6-10-16(15)23-18(17)26/h5-6,9-10,17H,4,7-8,11-14H2,1-3H3,(H,23,26)(H,24,27)(H,25,28). The molecule has 3 N–H and O–H groups in total. The van der Waals surface area contributed by atoms with Crippen molar-refractivity contribution in [1.82, 2.24) is 10.6 Å². The van der Waals surface area contributed by atoms with Crippen molar-refractivity contribution in [3.63, 3.8) is 0 Å². The lowest BCUT2D eigenvalue weighted by Gasteiger charge is -2.37. The van der Waals surface area contributed by atoms with E-state index in [9.17, 15) is 14.4 Å².